The number of hydrogen-bond donors (Lipinski definition) is 2. The number of halogens is 3. The largest absolute Gasteiger partial charge is 0.479 e. The van der Waals surface area contributed by atoms with Crippen LogP contribution in [0.3, 0.4) is 0 Å². The molecule has 10 heteroatoms. The van der Waals surface area contributed by atoms with Gasteiger partial charge in [0, 0.05) is 11.6 Å². The van der Waals surface area contributed by atoms with Gasteiger partial charge in [-0.2, -0.15) is 4.31 Å². The maximum atomic E-state index is 13.0. The number of carboxylic acid groups (broad SMARTS) is 1. The number of rotatable bonds is 3. The quantitative estimate of drug-likeness (QED) is 0.820. The summed E-state index contributed by atoms with van der Waals surface area (Å²) in [6.45, 7) is -0.273. The summed E-state index contributed by atoms with van der Waals surface area (Å²) >= 11 is 11.9. The molecule has 6 nitrogen and oxygen atoms in total. The molecule has 0 bridgehead atoms. The molecule has 0 aliphatic carbocycles. The Bertz CT molecular complexity index is 951. The number of sulfonamides is 1. The summed E-state index contributed by atoms with van der Waals surface area (Å²) in [5.41, 5.74) is 0.437. The third kappa shape index (κ3) is 3.30. The van der Waals surface area contributed by atoms with Crippen molar-refractivity contribution in [3.63, 3.8) is 0 Å². The number of anilines is 1. The van der Waals surface area contributed by atoms with E-state index in [1.54, 1.807) is 0 Å². The van der Waals surface area contributed by atoms with Crippen LogP contribution in [0.5, 0.6) is 0 Å². The van der Waals surface area contributed by atoms with Crippen LogP contribution in [0, 0.1) is 5.82 Å². The van der Waals surface area contributed by atoms with E-state index in [1.807, 2.05) is 0 Å². The fourth-order valence-electron chi connectivity index (χ4n) is 2.54. The highest BCUT2D eigenvalue weighted by atomic mass is 35.5. The highest BCUT2D eigenvalue weighted by molar-refractivity contribution is 7.89. The Morgan fingerprint density at radius 2 is 1.88 bits per heavy atom. The first-order valence-electron chi connectivity index (χ1n) is 6.95. The van der Waals surface area contributed by atoms with Crippen molar-refractivity contribution < 1.29 is 22.7 Å². The summed E-state index contributed by atoms with van der Waals surface area (Å²) in [4.78, 5) is 11.3. The molecule has 0 aromatic heterocycles. The van der Waals surface area contributed by atoms with Gasteiger partial charge in [0.05, 0.1) is 10.7 Å². The SMILES string of the molecule is O=C(O)C1Nc2cc(Cl)cc(Cl)c2S(=O)(=O)N1Cc1ccc(F)cc1. The van der Waals surface area contributed by atoms with Crippen LogP contribution in [0.15, 0.2) is 41.3 Å². The van der Waals surface area contributed by atoms with Gasteiger partial charge < -0.3 is 10.4 Å². The van der Waals surface area contributed by atoms with Gasteiger partial charge in [-0.15, -0.1) is 0 Å². The summed E-state index contributed by atoms with van der Waals surface area (Å²) in [6, 6.07) is 7.64. The van der Waals surface area contributed by atoms with Crippen LogP contribution in [0.1, 0.15) is 5.56 Å². The molecule has 1 unspecified atom stereocenters. The third-order valence-corrected chi connectivity index (χ3v) is 6.18. The lowest BCUT2D eigenvalue weighted by Crippen LogP contribution is -2.52. The van der Waals surface area contributed by atoms with E-state index in [0.717, 1.165) is 16.4 Å². The molecule has 0 fully saturated rings. The van der Waals surface area contributed by atoms with Crippen molar-refractivity contribution in [2.24, 2.45) is 0 Å². The number of aliphatic carboxylic acids is 1. The average molecular weight is 405 g/mol. The number of hydrogen-bond acceptors (Lipinski definition) is 4. The Hall–Kier alpha value is -1.87. The van der Waals surface area contributed by atoms with Gasteiger partial charge in [0.15, 0.2) is 6.17 Å². The minimum Gasteiger partial charge on any atom is -0.479 e. The van der Waals surface area contributed by atoms with E-state index in [2.05, 4.69) is 5.32 Å². The van der Waals surface area contributed by atoms with Crippen LogP contribution < -0.4 is 5.32 Å². The summed E-state index contributed by atoms with van der Waals surface area (Å²) in [5, 5.41) is 12.1. The molecule has 3 rings (SSSR count). The molecule has 1 aliphatic heterocycles. The third-order valence-electron chi connectivity index (χ3n) is 3.64. The zero-order valence-electron chi connectivity index (χ0n) is 12.4. The van der Waals surface area contributed by atoms with E-state index in [9.17, 15) is 22.7 Å². The first kappa shape index (κ1) is 17.9. The van der Waals surface area contributed by atoms with Crippen LogP contribution in [0.4, 0.5) is 10.1 Å². The Labute approximate surface area is 152 Å². The predicted molar refractivity (Wildman–Crippen MR) is 90.6 cm³/mol. The standard InChI is InChI=1S/C15H11Cl2FN2O4S/c16-9-5-11(17)13-12(6-9)19-14(15(21)22)20(25(13,23)24)7-8-1-3-10(18)4-2-8/h1-6,14,19H,7H2,(H,21,22). The molecule has 25 heavy (non-hydrogen) atoms. The van der Waals surface area contributed by atoms with Crippen molar-refractivity contribution in [1.82, 2.24) is 4.31 Å². The van der Waals surface area contributed by atoms with Crippen molar-refractivity contribution in [2.45, 2.75) is 17.6 Å². The van der Waals surface area contributed by atoms with Crippen molar-refractivity contribution in [3.05, 3.63) is 57.8 Å². The monoisotopic (exact) mass is 404 g/mol. The molecule has 132 valence electrons. The molecule has 0 saturated carbocycles. The smallest absolute Gasteiger partial charge is 0.342 e. The zero-order valence-corrected chi connectivity index (χ0v) is 14.7. The van der Waals surface area contributed by atoms with E-state index in [-0.39, 0.29) is 27.2 Å². The maximum Gasteiger partial charge on any atom is 0.342 e. The van der Waals surface area contributed by atoms with E-state index in [1.165, 1.54) is 24.3 Å². The van der Waals surface area contributed by atoms with Gasteiger partial charge in [-0.1, -0.05) is 35.3 Å². The fourth-order valence-corrected chi connectivity index (χ4v) is 5.00. The number of fused-ring (bicyclic) bond motifs is 1. The molecule has 0 saturated heterocycles. The number of nitrogens with one attached hydrogen (secondary N) is 1. The van der Waals surface area contributed by atoms with Crippen LogP contribution in [0.2, 0.25) is 10.0 Å². The van der Waals surface area contributed by atoms with E-state index in [0.29, 0.717) is 5.56 Å². The molecule has 0 spiro atoms. The lowest BCUT2D eigenvalue weighted by Gasteiger charge is -2.35. The minimum atomic E-state index is -4.23. The van der Waals surface area contributed by atoms with Crippen LogP contribution in [0.25, 0.3) is 0 Å². The van der Waals surface area contributed by atoms with Crippen molar-refractivity contribution in [1.29, 1.82) is 0 Å². The molecule has 2 aromatic rings. The van der Waals surface area contributed by atoms with Crippen molar-refractivity contribution >= 4 is 44.9 Å². The van der Waals surface area contributed by atoms with Gasteiger partial charge in [-0.05, 0) is 29.8 Å². The summed E-state index contributed by atoms with van der Waals surface area (Å²) < 4.78 is 39.7. The molecule has 0 amide bonds. The molecular weight excluding hydrogens is 394 g/mol. The Balaban J connectivity index is 2.11. The lowest BCUT2D eigenvalue weighted by molar-refractivity contribution is -0.140. The van der Waals surface area contributed by atoms with Gasteiger partial charge in [0.2, 0.25) is 10.0 Å². The fraction of sp³-hybridized carbons (Fsp3) is 0.133. The minimum absolute atomic E-state index is 0.0141. The van der Waals surface area contributed by atoms with Crippen molar-refractivity contribution in [3.8, 4) is 0 Å². The highest BCUT2D eigenvalue weighted by Gasteiger charge is 2.43. The molecule has 1 heterocycles. The second kappa shape index (κ2) is 6.45. The molecule has 1 atom stereocenters. The van der Waals surface area contributed by atoms with E-state index in [4.69, 9.17) is 23.2 Å². The number of nitrogens with zero attached hydrogens (tertiary/aromatic N) is 1. The summed E-state index contributed by atoms with van der Waals surface area (Å²) in [5.74, 6) is -1.88. The predicted octanol–water partition coefficient (Wildman–Crippen LogP) is 3.16. The van der Waals surface area contributed by atoms with Crippen molar-refractivity contribution in [2.75, 3.05) is 5.32 Å². The molecule has 2 N–H and O–H groups in total. The van der Waals surface area contributed by atoms with Crippen LogP contribution in [-0.2, 0) is 21.4 Å². The normalized spacial score (nSPS) is 19.1. The molecule has 0 radical (unpaired) electrons. The average Bonchev–Trinajstić information content (AvgIpc) is 2.50. The zero-order chi connectivity index (χ0) is 18.4. The van der Waals surface area contributed by atoms with Gasteiger partial charge >= 0.3 is 5.97 Å². The Morgan fingerprint density at radius 1 is 1.24 bits per heavy atom. The van der Waals surface area contributed by atoms with E-state index < -0.39 is 28.0 Å². The first-order valence-corrected chi connectivity index (χ1v) is 9.14. The first-order chi connectivity index (χ1) is 11.7. The topological polar surface area (TPSA) is 86.7 Å². The summed E-state index contributed by atoms with van der Waals surface area (Å²) in [6.07, 6.45) is -1.56. The molecular formula is C15H11Cl2FN2O4S. The second-order valence-corrected chi connectivity index (χ2v) is 8.00. The van der Waals surface area contributed by atoms with E-state index >= 15 is 0 Å². The maximum absolute atomic E-state index is 13.0. The molecule has 2 aromatic carbocycles. The number of carboxylic acids is 1. The van der Waals surface area contributed by atoms with Gasteiger partial charge in [0.1, 0.15) is 10.7 Å². The van der Waals surface area contributed by atoms with Crippen LogP contribution >= 0.6 is 23.2 Å². The molecule has 1 aliphatic rings. The van der Waals surface area contributed by atoms with Gasteiger partial charge in [-0.3, -0.25) is 0 Å². The van der Waals surface area contributed by atoms with Gasteiger partial charge in [-0.25, -0.2) is 17.6 Å². The second-order valence-electron chi connectivity index (χ2n) is 5.33. The Kier molecular flexibility index (Phi) is 4.63. The summed E-state index contributed by atoms with van der Waals surface area (Å²) in [7, 11) is -4.23. The Morgan fingerprint density at radius 3 is 2.48 bits per heavy atom. The highest BCUT2D eigenvalue weighted by Crippen LogP contribution is 2.39. The number of carbonyl (C=O) groups is 1. The van der Waals surface area contributed by atoms with Gasteiger partial charge in [0.25, 0.3) is 0 Å². The lowest BCUT2D eigenvalue weighted by atomic mass is 10.2. The number of benzene rings is 2. The van der Waals surface area contributed by atoms with Crippen LogP contribution in [-0.4, -0.2) is 30.0 Å².